The van der Waals surface area contributed by atoms with E-state index in [1.165, 1.54) is 0 Å². The van der Waals surface area contributed by atoms with Crippen LogP contribution in [0.2, 0.25) is 0 Å². The monoisotopic (exact) mass is 355 g/mol. The molecule has 0 saturated carbocycles. The summed E-state index contributed by atoms with van der Waals surface area (Å²) in [5, 5.41) is 1.57. The molecular weight excluding hydrogens is 346 g/mol. The van der Waals surface area contributed by atoms with E-state index in [9.17, 15) is 4.79 Å². The molecule has 0 fully saturated rings. The number of carbonyl (C=O) groups is 1. The highest BCUT2D eigenvalue weighted by Crippen LogP contribution is 2.32. The van der Waals surface area contributed by atoms with Gasteiger partial charge in [0, 0.05) is 15.2 Å². The molecule has 0 saturated heterocycles. The Morgan fingerprint density at radius 3 is 2.64 bits per heavy atom. The van der Waals surface area contributed by atoms with Crippen LogP contribution in [-0.4, -0.2) is 5.78 Å². The Bertz CT molecular complexity index is 996. The molecule has 2 aromatic carbocycles. The molecule has 22 heavy (non-hydrogen) atoms. The fraction of sp³-hybridized carbons (Fsp3) is 0. The van der Waals surface area contributed by atoms with E-state index in [0.29, 0.717) is 22.2 Å². The lowest BCUT2D eigenvalue weighted by Gasteiger charge is -1.94. The van der Waals surface area contributed by atoms with Gasteiger partial charge in [-0.15, -0.1) is 0 Å². The number of ketones is 1. The third-order valence-electron chi connectivity index (χ3n) is 3.54. The summed E-state index contributed by atoms with van der Waals surface area (Å²) in [6.07, 6.45) is 0. The number of halogens is 1. The van der Waals surface area contributed by atoms with Gasteiger partial charge in [-0.3, -0.25) is 4.79 Å². The van der Waals surface area contributed by atoms with Crippen molar-refractivity contribution in [2.75, 3.05) is 5.73 Å². The molecule has 0 radical (unpaired) electrons. The Morgan fingerprint density at radius 2 is 1.82 bits per heavy atom. The van der Waals surface area contributed by atoms with E-state index >= 15 is 0 Å². The van der Waals surface area contributed by atoms with Crippen LogP contribution in [0.15, 0.2) is 61.8 Å². The molecule has 0 spiro atoms. The Hall–Kier alpha value is -2.53. The number of nitrogens with two attached hydrogens (primary N) is 1. The zero-order valence-corrected chi connectivity index (χ0v) is 12.9. The second-order valence-electron chi connectivity index (χ2n) is 4.96. The molecule has 4 aromatic rings. The number of hydrogen-bond donors (Lipinski definition) is 1. The summed E-state index contributed by atoms with van der Waals surface area (Å²) in [5.74, 6) is -0.0424. The summed E-state index contributed by atoms with van der Waals surface area (Å²) in [4.78, 5) is 12.6. The number of para-hydroxylation sites is 1. The van der Waals surface area contributed by atoms with Gasteiger partial charge in [0.2, 0.25) is 5.76 Å². The smallest absolute Gasteiger partial charge is 0.265 e. The molecular formula is C17H10BrNO3. The quantitative estimate of drug-likeness (QED) is 0.526. The van der Waals surface area contributed by atoms with Gasteiger partial charge >= 0.3 is 0 Å². The van der Waals surface area contributed by atoms with Crippen molar-refractivity contribution in [1.82, 2.24) is 0 Å². The van der Waals surface area contributed by atoms with E-state index in [-0.39, 0.29) is 17.3 Å². The van der Waals surface area contributed by atoms with Crippen LogP contribution in [0.3, 0.4) is 0 Å². The van der Waals surface area contributed by atoms with Gasteiger partial charge in [0.05, 0.1) is 5.69 Å². The molecule has 0 bridgehead atoms. The summed E-state index contributed by atoms with van der Waals surface area (Å²) in [5.41, 5.74) is 7.61. The number of benzene rings is 2. The van der Waals surface area contributed by atoms with Gasteiger partial charge in [-0.25, -0.2) is 0 Å². The van der Waals surface area contributed by atoms with Crippen LogP contribution in [0.5, 0.6) is 0 Å². The van der Waals surface area contributed by atoms with Crippen LogP contribution >= 0.6 is 15.9 Å². The zero-order valence-electron chi connectivity index (χ0n) is 11.3. The van der Waals surface area contributed by atoms with Crippen LogP contribution in [0.4, 0.5) is 5.69 Å². The van der Waals surface area contributed by atoms with E-state index in [1.807, 2.05) is 36.4 Å². The molecule has 0 aliphatic carbocycles. The summed E-state index contributed by atoms with van der Waals surface area (Å²) < 4.78 is 12.1. The van der Waals surface area contributed by atoms with Crippen molar-refractivity contribution in [2.24, 2.45) is 0 Å². The average molecular weight is 356 g/mol. The van der Waals surface area contributed by atoms with E-state index in [1.54, 1.807) is 12.1 Å². The maximum atomic E-state index is 12.6. The normalized spacial score (nSPS) is 11.3. The van der Waals surface area contributed by atoms with Crippen LogP contribution < -0.4 is 5.73 Å². The highest BCUT2D eigenvalue weighted by molar-refractivity contribution is 9.10. The molecule has 2 N–H and O–H groups in total. The number of anilines is 1. The molecule has 4 nitrogen and oxygen atoms in total. The van der Waals surface area contributed by atoms with Gasteiger partial charge in [-0.1, -0.05) is 34.1 Å². The first-order chi connectivity index (χ1) is 10.6. The standard InChI is InChI=1S/C17H10BrNO3/c18-10-5-6-13-11(8-10)15(19)17(22-13)16(20)14-7-9-3-1-2-4-12(9)21-14/h1-8H,19H2. The molecule has 2 heterocycles. The third kappa shape index (κ3) is 1.94. The lowest BCUT2D eigenvalue weighted by atomic mass is 10.1. The molecule has 0 aliphatic heterocycles. The van der Waals surface area contributed by atoms with Crippen LogP contribution in [0.1, 0.15) is 16.3 Å². The molecule has 108 valence electrons. The van der Waals surface area contributed by atoms with Gasteiger partial charge in [0.15, 0.2) is 5.76 Å². The Kier molecular flexibility index (Phi) is 2.84. The number of rotatable bonds is 2. The first-order valence-corrected chi connectivity index (χ1v) is 7.43. The van der Waals surface area contributed by atoms with Gasteiger partial charge in [-0.2, -0.15) is 0 Å². The molecule has 0 atom stereocenters. The van der Waals surface area contributed by atoms with Crippen molar-refractivity contribution in [1.29, 1.82) is 0 Å². The van der Waals surface area contributed by atoms with E-state index < -0.39 is 0 Å². The maximum absolute atomic E-state index is 12.6. The average Bonchev–Trinajstić information content (AvgIpc) is 3.09. The minimum atomic E-state index is -0.360. The number of nitrogen functional groups attached to an aromatic ring is 1. The van der Waals surface area contributed by atoms with Gasteiger partial charge in [-0.05, 0) is 30.3 Å². The molecule has 0 unspecified atom stereocenters. The number of carbonyl (C=O) groups excluding carboxylic acids is 1. The maximum Gasteiger partial charge on any atom is 0.265 e. The van der Waals surface area contributed by atoms with Crippen molar-refractivity contribution >= 4 is 49.3 Å². The van der Waals surface area contributed by atoms with E-state index in [2.05, 4.69) is 15.9 Å². The number of fused-ring (bicyclic) bond motifs is 2. The topological polar surface area (TPSA) is 69.4 Å². The summed E-state index contributed by atoms with van der Waals surface area (Å²) in [6.45, 7) is 0. The second-order valence-corrected chi connectivity index (χ2v) is 5.88. The first-order valence-electron chi connectivity index (χ1n) is 6.64. The predicted molar refractivity (Wildman–Crippen MR) is 88.0 cm³/mol. The molecule has 4 rings (SSSR count). The van der Waals surface area contributed by atoms with E-state index in [4.69, 9.17) is 14.6 Å². The lowest BCUT2D eigenvalue weighted by Crippen LogP contribution is -2.01. The molecule has 0 aliphatic rings. The minimum Gasteiger partial charge on any atom is -0.452 e. The van der Waals surface area contributed by atoms with Crippen molar-refractivity contribution in [3.63, 3.8) is 0 Å². The van der Waals surface area contributed by atoms with Crippen molar-refractivity contribution < 1.29 is 13.6 Å². The highest BCUT2D eigenvalue weighted by Gasteiger charge is 2.23. The Labute approximate surface area is 133 Å². The zero-order chi connectivity index (χ0) is 15.3. The second kappa shape index (κ2) is 4.74. The van der Waals surface area contributed by atoms with Gasteiger partial charge in [0.25, 0.3) is 5.78 Å². The number of hydrogen-bond acceptors (Lipinski definition) is 4. The first kappa shape index (κ1) is 13.2. The number of furan rings is 2. The molecule has 2 aromatic heterocycles. The fourth-order valence-corrected chi connectivity index (χ4v) is 2.82. The largest absolute Gasteiger partial charge is 0.452 e. The Morgan fingerprint density at radius 1 is 1.00 bits per heavy atom. The summed E-state index contributed by atoms with van der Waals surface area (Å²) in [6, 6.07) is 14.6. The van der Waals surface area contributed by atoms with Crippen LogP contribution in [0.25, 0.3) is 21.9 Å². The lowest BCUT2D eigenvalue weighted by molar-refractivity contribution is 0.0988. The highest BCUT2D eigenvalue weighted by atomic mass is 79.9. The van der Waals surface area contributed by atoms with E-state index in [0.717, 1.165) is 9.86 Å². The third-order valence-corrected chi connectivity index (χ3v) is 4.04. The van der Waals surface area contributed by atoms with Gasteiger partial charge in [0.1, 0.15) is 11.2 Å². The predicted octanol–water partition coefficient (Wildman–Crippen LogP) is 4.75. The Balaban J connectivity index is 1.87. The SMILES string of the molecule is Nc1c(C(=O)c2cc3ccccc3o2)oc2ccc(Br)cc12. The minimum absolute atomic E-state index is 0.104. The van der Waals surface area contributed by atoms with Crippen LogP contribution in [-0.2, 0) is 0 Å². The van der Waals surface area contributed by atoms with Gasteiger partial charge < -0.3 is 14.6 Å². The summed E-state index contributed by atoms with van der Waals surface area (Å²) >= 11 is 3.38. The molecule has 5 heteroatoms. The van der Waals surface area contributed by atoms with Crippen molar-refractivity contribution in [3.05, 3.63) is 64.5 Å². The summed E-state index contributed by atoms with van der Waals surface area (Å²) in [7, 11) is 0. The fourth-order valence-electron chi connectivity index (χ4n) is 2.46. The molecule has 0 amide bonds. The van der Waals surface area contributed by atoms with Crippen molar-refractivity contribution in [2.45, 2.75) is 0 Å². The van der Waals surface area contributed by atoms with Crippen molar-refractivity contribution in [3.8, 4) is 0 Å². The van der Waals surface area contributed by atoms with Crippen LogP contribution in [0, 0.1) is 0 Å².